The van der Waals surface area contributed by atoms with Gasteiger partial charge < -0.3 is 19.1 Å². The zero-order valence-corrected chi connectivity index (χ0v) is 18.6. The summed E-state index contributed by atoms with van der Waals surface area (Å²) in [5, 5.41) is 10.8. The van der Waals surface area contributed by atoms with Crippen molar-refractivity contribution in [3.8, 4) is 17.0 Å². The van der Waals surface area contributed by atoms with Crippen LogP contribution in [0.25, 0.3) is 22.2 Å². The Kier molecular flexibility index (Phi) is 5.70. The Morgan fingerprint density at radius 2 is 2.00 bits per heavy atom. The van der Waals surface area contributed by atoms with Crippen molar-refractivity contribution in [2.24, 2.45) is 7.05 Å². The molecule has 2 atom stereocenters. The molecule has 2 aromatic heterocycles. The van der Waals surface area contributed by atoms with Gasteiger partial charge in [0.2, 0.25) is 0 Å². The predicted molar refractivity (Wildman–Crippen MR) is 124 cm³/mol. The first-order chi connectivity index (χ1) is 16.0. The summed E-state index contributed by atoms with van der Waals surface area (Å²) in [5.74, 6) is 0.687. The summed E-state index contributed by atoms with van der Waals surface area (Å²) in [5.41, 5.74) is 4.38. The number of aryl methyl sites for hydroxylation is 1. The highest BCUT2D eigenvalue weighted by Crippen LogP contribution is 2.28. The molecule has 0 spiro atoms. The molecule has 0 radical (unpaired) electrons. The quantitative estimate of drug-likeness (QED) is 0.507. The van der Waals surface area contributed by atoms with E-state index in [9.17, 15) is 9.90 Å². The second-order valence-corrected chi connectivity index (χ2v) is 8.43. The van der Waals surface area contributed by atoms with E-state index >= 15 is 0 Å². The number of aliphatic hydroxyl groups is 1. The van der Waals surface area contributed by atoms with Gasteiger partial charge in [0.15, 0.2) is 0 Å². The number of hydrogen-bond donors (Lipinski definition) is 1. The molecule has 2 aromatic carbocycles. The molecule has 0 saturated carbocycles. The average molecular weight is 447 g/mol. The molecule has 1 aliphatic heterocycles. The van der Waals surface area contributed by atoms with Gasteiger partial charge in [0.25, 0.3) is 5.56 Å². The van der Waals surface area contributed by atoms with Crippen LogP contribution in [0.1, 0.15) is 23.6 Å². The summed E-state index contributed by atoms with van der Waals surface area (Å²) >= 11 is 0. The standard InChI is InChI=1S/C25H26N4O4/c1-28-12-21(26-14-28)17-5-3-16(4-6-17)9-18-10-19-20(11-24(18)32-2)27-15-29(25(19)31)22-7-8-33-13-23(22)30/h3-6,10-12,14-15,22-23,30H,7-9,13H2,1-2H3/t22-,23-/m0/s1. The number of ether oxygens (including phenoxy) is 2. The summed E-state index contributed by atoms with van der Waals surface area (Å²) in [7, 11) is 3.57. The minimum Gasteiger partial charge on any atom is -0.496 e. The van der Waals surface area contributed by atoms with Crippen LogP contribution >= 0.6 is 0 Å². The molecule has 0 unspecified atom stereocenters. The summed E-state index contributed by atoms with van der Waals surface area (Å²) < 4.78 is 14.4. The fourth-order valence-electron chi connectivity index (χ4n) is 4.38. The molecule has 170 valence electrons. The van der Waals surface area contributed by atoms with E-state index < -0.39 is 6.10 Å². The van der Waals surface area contributed by atoms with Crippen LogP contribution in [0.2, 0.25) is 0 Å². The molecule has 0 aliphatic carbocycles. The van der Waals surface area contributed by atoms with Gasteiger partial charge in [-0.3, -0.25) is 9.36 Å². The number of aliphatic hydroxyl groups excluding tert-OH is 1. The second-order valence-electron chi connectivity index (χ2n) is 8.43. The zero-order valence-electron chi connectivity index (χ0n) is 18.6. The molecule has 4 aromatic rings. The highest BCUT2D eigenvalue weighted by atomic mass is 16.5. The summed E-state index contributed by atoms with van der Waals surface area (Å²) in [6.07, 6.45) is 5.72. The Labute approximate surface area is 191 Å². The SMILES string of the molecule is COc1cc2ncn([C@H]3CCOC[C@@H]3O)c(=O)c2cc1Cc1ccc(-c2cn(C)cn2)cc1. The third-order valence-corrected chi connectivity index (χ3v) is 6.18. The molecular weight excluding hydrogens is 420 g/mol. The van der Waals surface area contributed by atoms with Crippen molar-refractivity contribution in [2.75, 3.05) is 20.3 Å². The topological polar surface area (TPSA) is 91.4 Å². The second kappa shape index (κ2) is 8.80. The number of imidazole rings is 1. The molecule has 1 aliphatic rings. The highest BCUT2D eigenvalue weighted by Gasteiger charge is 2.27. The average Bonchev–Trinajstić information content (AvgIpc) is 3.27. The van der Waals surface area contributed by atoms with E-state index in [1.165, 1.54) is 10.9 Å². The van der Waals surface area contributed by atoms with E-state index in [4.69, 9.17) is 9.47 Å². The van der Waals surface area contributed by atoms with Crippen molar-refractivity contribution in [1.82, 2.24) is 19.1 Å². The number of methoxy groups -OCH3 is 1. The molecule has 1 fully saturated rings. The van der Waals surface area contributed by atoms with Crippen molar-refractivity contribution >= 4 is 10.9 Å². The maximum absolute atomic E-state index is 13.3. The number of nitrogens with zero attached hydrogens (tertiary/aromatic N) is 4. The van der Waals surface area contributed by atoms with Gasteiger partial charge in [0.1, 0.15) is 5.75 Å². The minimum absolute atomic E-state index is 0.166. The Hall–Kier alpha value is -3.49. The van der Waals surface area contributed by atoms with Gasteiger partial charge in [-0.1, -0.05) is 24.3 Å². The first-order valence-electron chi connectivity index (χ1n) is 10.9. The smallest absolute Gasteiger partial charge is 0.261 e. The normalized spacial score (nSPS) is 18.5. The molecule has 8 nitrogen and oxygen atoms in total. The van der Waals surface area contributed by atoms with E-state index in [1.807, 2.05) is 36.0 Å². The summed E-state index contributed by atoms with van der Waals surface area (Å²) in [6.45, 7) is 0.728. The zero-order chi connectivity index (χ0) is 22.9. The maximum Gasteiger partial charge on any atom is 0.261 e. The van der Waals surface area contributed by atoms with Crippen molar-refractivity contribution in [2.45, 2.75) is 25.0 Å². The van der Waals surface area contributed by atoms with E-state index in [0.29, 0.717) is 36.1 Å². The van der Waals surface area contributed by atoms with Crippen LogP contribution < -0.4 is 10.3 Å². The molecule has 1 N–H and O–H groups in total. The highest BCUT2D eigenvalue weighted by molar-refractivity contribution is 5.80. The van der Waals surface area contributed by atoms with Crippen LogP contribution in [0, 0.1) is 0 Å². The molecular formula is C25H26N4O4. The Morgan fingerprint density at radius 1 is 1.18 bits per heavy atom. The van der Waals surface area contributed by atoms with Crippen LogP contribution in [0.3, 0.4) is 0 Å². The Balaban J connectivity index is 1.49. The summed E-state index contributed by atoms with van der Waals surface area (Å²) in [6, 6.07) is 11.5. The third kappa shape index (κ3) is 4.15. The first kappa shape index (κ1) is 21.4. The first-order valence-corrected chi connectivity index (χ1v) is 10.9. The van der Waals surface area contributed by atoms with E-state index in [2.05, 4.69) is 22.1 Å². The molecule has 0 amide bonds. The van der Waals surface area contributed by atoms with E-state index in [-0.39, 0.29) is 18.2 Å². The van der Waals surface area contributed by atoms with Crippen molar-refractivity contribution in [3.63, 3.8) is 0 Å². The van der Waals surface area contributed by atoms with Gasteiger partial charge in [0, 0.05) is 37.9 Å². The van der Waals surface area contributed by atoms with E-state index in [0.717, 1.165) is 22.4 Å². The third-order valence-electron chi connectivity index (χ3n) is 6.18. The molecule has 1 saturated heterocycles. The lowest BCUT2D eigenvalue weighted by Gasteiger charge is -2.29. The maximum atomic E-state index is 13.3. The molecule has 33 heavy (non-hydrogen) atoms. The number of fused-ring (bicyclic) bond motifs is 1. The van der Waals surface area contributed by atoms with E-state index in [1.54, 1.807) is 19.5 Å². The molecule has 5 rings (SSSR count). The monoisotopic (exact) mass is 446 g/mol. The number of hydrogen-bond acceptors (Lipinski definition) is 6. The van der Waals surface area contributed by atoms with Gasteiger partial charge in [-0.15, -0.1) is 0 Å². The lowest BCUT2D eigenvalue weighted by molar-refractivity contribution is -0.0395. The predicted octanol–water partition coefficient (Wildman–Crippen LogP) is 2.72. The van der Waals surface area contributed by atoms with Gasteiger partial charge >= 0.3 is 0 Å². The fraction of sp³-hybridized carbons (Fsp3) is 0.320. The van der Waals surface area contributed by atoms with Crippen molar-refractivity contribution in [1.29, 1.82) is 0 Å². The van der Waals surface area contributed by atoms with Crippen LogP contribution in [0.4, 0.5) is 0 Å². The Morgan fingerprint density at radius 3 is 2.70 bits per heavy atom. The van der Waals surface area contributed by atoms with Gasteiger partial charge in [-0.25, -0.2) is 9.97 Å². The molecule has 8 heteroatoms. The van der Waals surface area contributed by atoms with Crippen LogP contribution in [0.15, 0.2) is 60.0 Å². The van der Waals surface area contributed by atoms with Gasteiger partial charge in [0.05, 0.1) is 55.1 Å². The number of rotatable bonds is 5. The number of aromatic nitrogens is 4. The van der Waals surface area contributed by atoms with Crippen molar-refractivity contribution < 1.29 is 14.6 Å². The molecule has 0 bridgehead atoms. The minimum atomic E-state index is -0.731. The van der Waals surface area contributed by atoms with Gasteiger partial charge in [-0.05, 0) is 23.6 Å². The number of benzene rings is 2. The van der Waals surface area contributed by atoms with Crippen LogP contribution in [-0.2, 0) is 18.2 Å². The summed E-state index contributed by atoms with van der Waals surface area (Å²) in [4.78, 5) is 22.2. The van der Waals surface area contributed by atoms with Crippen molar-refractivity contribution in [3.05, 3.63) is 76.7 Å². The Bertz CT molecular complexity index is 1340. The lowest BCUT2D eigenvalue weighted by Crippen LogP contribution is -2.39. The van der Waals surface area contributed by atoms with Crippen LogP contribution in [-0.4, -0.2) is 50.6 Å². The largest absolute Gasteiger partial charge is 0.496 e. The van der Waals surface area contributed by atoms with Crippen LogP contribution in [0.5, 0.6) is 5.75 Å². The fourth-order valence-corrected chi connectivity index (χ4v) is 4.38. The molecule has 3 heterocycles. The lowest BCUT2D eigenvalue weighted by atomic mass is 10.00. The van der Waals surface area contributed by atoms with Gasteiger partial charge in [-0.2, -0.15) is 0 Å².